The molecule has 1 aromatic carbocycles. The Kier molecular flexibility index (Phi) is 4.26. The molecule has 0 aliphatic heterocycles. The fourth-order valence-corrected chi connectivity index (χ4v) is 1.38. The van der Waals surface area contributed by atoms with E-state index in [4.69, 9.17) is 11.5 Å². The zero-order valence-corrected chi connectivity index (χ0v) is 8.72. The minimum absolute atomic E-state index is 0.766. The van der Waals surface area contributed by atoms with Crippen LogP contribution in [-0.2, 0) is 0 Å². The van der Waals surface area contributed by atoms with E-state index in [-0.39, 0.29) is 0 Å². The lowest BCUT2D eigenvalue weighted by atomic mass is 10.1. The molecule has 0 aliphatic carbocycles. The van der Waals surface area contributed by atoms with Gasteiger partial charge in [0.15, 0.2) is 0 Å². The molecule has 0 fully saturated rings. The van der Waals surface area contributed by atoms with Crippen molar-refractivity contribution in [2.24, 2.45) is 5.73 Å². The molecule has 0 amide bonds. The molecule has 3 heteroatoms. The van der Waals surface area contributed by atoms with E-state index in [0.717, 1.165) is 37.3 Å². The number of hydrogen-bond donors (Lipinski definition) is 3. The Hall–Kier alpha value is -1.22. The fourth-order valence-electron chi connectivity index (χ4n) is 1.38. The number of anilines is 2. The van der Waals surface area contributed by atoms with Crippen molar-refractivity contribution in [3.05, 3.63) is 23.8 Å². The minimum Gasteiger partial charge on any atom is -0.399 e. The zero-order chi connectivity index (χ0) is 10.4. The van der Waals surface area contributed by atoms with Crippen LogP contribution in [0.1, 0.15) is 18.4 Å². The van der Waals surface area contributed by atoms with Crippen molar-refractivity contribution in [1.82, 2.24) is 0 Å². The van der Waals surface area contributed by atoms with Crippen LogP contribution in [0.15, 0.2) is 18.2 Å². The number of nitrogens with one attached hydrogen (secondary N) is 1. The highest BCUT2D eigenvalue weighted by Crippen LogP contribution is 2.17. The summed E-state index contributed by atoms with van der Waals surface area (Å²) >= 11 is 0. The Balaban J connectivity index is 2.42. The smallest absolute Gasteiger partial charge is 0.0371 e. The quantitative estimate of drug-likeness (QED) is 0.493. The molecule has 0 aromatic heterocycles. The van der Waals surface area contributed by atoms with Gasteiger partial charge in [0.1, 0.15) is 0 Å². The van der Waals surface area contributed by atoms with Gasteiger partial charge in [0, 0.05) is 17.9 Å². The monoisotopic (exact) mass is 193 g/mol. The van der Waals surface area contributed by atoms with Crippen LogP contribution in [0.2, 0.25) is 0 Å². The van der Waals surface area contributed by atoms with E-state index in [1.807, 2.05) is 18.2 Å². The first-order chi connectivity index (χ1) is 6.74. The molecular weight excluding hydrogens is 174 g/mol. The van der Waals surface area contributed by atoms with Crippen molar-refractivity contribution < 1.29 is 0 Å². The number of hydrogen-bond acceptors (Lipinski definition) is 3. The van der Waals surface area contributed by atoms with Gasteiger partial charge in [0.05, 0.1) is 0 Å². The summed E-state index contributed by atoms with van der Waals surface area (Å²) in [5.41, 5.74) is 14.2. The number of rotatable bonds is 5. The van der Waals surface area contributed by atoms with Gasteiger partial charge in [-0.3, -0.25) is 0 Å². The van der Waals surface area contributed by atoms with Crippen molar-refractivity contribution in [3.63, 3.8) is 0 Å². The summed E-state index contributed by atoms with van der Waals surface area (Å²) in [7, 11) is 0. The van der Waals surface area contributed by atoms with E-state index >= 15 is 0 Å². The van der Waals surface area contributed by atoms with Gasteiger partial charge in [0.2, 0.25) is 0 Å². The van der Waals surface area contributed by atoms with E-state index in [1.54, 1.807) is 0 Å². The van der Waals surface area contributed by atoms with Crippen LogP contribution in [0.5, 0.6) is 0 Å². The van der Waals surface area contributed by atoms with E-state index in [1.165, 1.54) is 5.56 Å². The fraction of sp³-hybridized carbons (Fsp3) is 0.455. The van der Waals surface area contributed by atoms with Crippen LogP contribution < -0.4 is 16.8 Å². The summed E-state index contributed by atoms with van der Waals surface area (Å²) in [6.45, 7) is 3.80. The summed E-state index contributed by atoms with van der Waals surface area (Å²) < 4.78 is 0. The molecule has 5 N–H and O–H groups in total. The van der Waals surface area contributed by atoms with Crippen molar-refractivity contribution in [3.8, 4) is 0 Å². The summed E-state index contributed by atoms with van der Waals surface area (Å²) in [6.07, 6.45) is 2.18. The van der Waals surface area contributed by atoms with Crippen LogP contribution in [0.3, 0.4) is 0 Å². The molecule has 0 bridgehead atoms. The first-order valence-corrected chi connectivity index (χ1v) is 5.04. The number of nitrogens with two attached hydrogens (primary N) is 2. The second-order valence-electron chi connectivity index (χ2n) is 3.50. The topological polar surface area (TPSA) is 64.1 Å². The molecule has 0 saturated carbocycles. The molecular formula is C11H19N3. The highest BCUT2D eigenvalue weighted by Gasteiger charge is 1.96. The molecule has 0 atom stereocenters. The van der Waals surface area contributed by atoms with E-state index in [0.29, 0.717) is 0 Å². The third-order valence-corrected chi connectivity index (χ3v) is 2.20. The highest BCUT2D eigenvalue weighted by molar-refractivity contribution is 5.57. The second kappa shape index (κ2) is 5.50. The third-order valence-electron chi connectivity index (χ3n) is 2.20. The van der Waals surface area contributed by atoms with Gasteiger partial charge in [-0.2, -0.15) is 0 Å². The van der Waals surface area contributed by atoms with Gasteiger partial charge in [0.25, 0.3) is 0 Å². The minimum atomic E-state index is 0.766. The number of nitrogen functional groups attached to an aromatic ring is 1. The van der Waals surface area contributed by atoms with Gasteiger partial charge in [-0.25, -0.2) is 0 Å². The van der Waals surface area contributed by atoms with Crippen molar-refractivity contribution in [2.75, 3.05) is 24.1 Å². The maximum Gasteiger partial charge on any atom is 0.0371 e. The molecule has 0 spiro atoms. The van der Waals surface area contributed by atoms with E-state index < -0.39 is 0 Å². The first-order valence-electron chi connectivity index (χ1n) is 5.04. The van der Waals surface area contributed by atoms with Crippen LogP contribution in [-0.4, -0.2) is 13.1 Å². The molecule has 3 nitrogen and oxygen atoms in total. The lowest BCUT2D eigenvalue weighted by molar-refractivity contribution is 0.774. The maximum absolute atomic E-state index is 5.66. The molecule has 78 valence electrons. The van der Waals surface area contributed by atoms with Crippen LogP contribution in [0.25, 0.3) is 0 Å². The molecule has 0 saturated heterocycles. The molecule has 0 heterocycles. The normalized spacial score (nSPS) is 10.1. The average molecular weight is 193 g/mol. The van der Waals surface area contributed by atoms with E-state index in [9.17, 15) is 0 Å². The number of unbranched alkanes of at least 4 members (excludes halogenated alkanes) is 1. The second-order valence-corrected chi connectivity index (χ2v) is 3.50. The summed E-state index contributed by atoms with van der Waals surface area (Å²) in [5, 5.41) is 3.36. The molecule has 1 rings (SSSR count). The van der Waals surface area contributed by atoms with Crippen LogP contribution in [0, 0.1) is 6.92 Å². The van der Waals surface area contributed by atoms with E-state index in [2.05, 4.69) is 12.2 Å². The maximum atomic E-state index is 5.66. The van der Waals surface area contributed by atoms with Gasteiger partial charge in [-0.15, -0.1) is 0 Å². The largest absolute Gasteiger partial charge is 0.399 e. The van der Waals surface area contributed by atoms with Gasteiger partial charge in [-0.05, 0) is 50.1 Å². The van der Waals surface area contributed by atoms with Crippen LogP contribution in [0.4, 0.5) is 11.4 Å². The molecule has 14 heavy (non-hydrogen) atoms. The Morgan fingerprint density at radius 1 is 1.29 bits per heavy atom. The summed E-state index contributed by atoms with van der Waals surface area (Å²) in [4.78, 5) is 0. The first kappa shape index (κ1) is 10.9. The molecule has 0 unspecified atom stereocenters. The predicted molar refractivity (Wildman–Crippen MR) is 62.4 cm³/mol. The Bertz CT molecular complexity index is 284. The van der Waals surface area contributed by atoms with Gasteiger partial charge >= 0.3 is 0 Å². The lowest BCUT2D eigenvalue weighted by Gasteiger charge is -2.09. The predicted octanol–water partition coefficient (Wildman–Crippen LogP) is 1.73. The zero-order valence-electron chi connectivity index (χ0n) is 8.72. The van der Waals surface area contributed by atoms with Crippen molar-refractivity contribution in [2.45, 2.75) is 19.8 Å². The summed E-state index contributed by atoms with van der Waals surface area (Å²) in [5.74, 6) is 0. The molecule has 0 aliphatic rings. The van der Waals surface area contributed by atoms with Crippen LogP contribution >= 0.6 is 0 Å². The van der Waals surface area contributed by atoms with Gasteiger partial charge in [-0.1, -0.05) is 0 Å². The molecule has 1 aromatic rings. The Morgan fingerprint density at radius 2 is 2.07 bits per heavy atom. The standard InChI is InChI=1S/C11H19N3/c1-9-8-10(13)4-5-11(9)14-7-3-2-6-12/h4-5,8,14H,2-3,6-7,12-13H2,1H3. The van der Waals surface area contributed by atoms with Crippen molar-refractivity contribution in [1.29, 1.82) is 0 Å². The van der Waals surface area contributed by atoms with Gasteiger partial charge < -0.3 is 16.8 Å². The molecule has 0 radical (unpaired) electrons. The SMILES string of the molecule is Cc1cc(N)ccc1NCCCCN. The Labute approximate surface area is 85.5 Å². The van der Waals surface area contributed by atoms with Crippen molar-refractivity contribution >= 4 is 11.4 Å². The highest BCUT2D eigenvalue weighted by atomic mass is 14.9. The lowest BCUT2D eigenvalue weighted by Crippen LogP contribution is -2.06. The summed E-state index contributed by atoms with van der Waals surface area (Å²) in [6, 6.07) is 5.91. The number of benzene rings is 1. The Morgan fingerprint density at radius 3 is 2.71 bits per heavy atom. The average Bonchev–Trinajstić information content (AvgIpc) is 2.15. The number of aryl methyl sites for hydroxylation is 1. The third kappa shape index (κ3) is 3.26.